The van der Waals surface area contributed by atoms with Gasteiger partial charge in [0, 0.05) is 28.4 Å². The number of carbonyl (C=O) groups is 1. The van der Waals surface area contributed by atoms with Crippen LogP contribution in [0.15, 0.2) is 34.9 Å². The summed E-state index contributed by atoms with van der Waals surface area (Å²) in [7, 11) is 0. The number of nitrogens with one attached hydrogen (secondary N) is 2. The quantitative estimate of drug-likeness (QED) is 0.783. The van der Waals surface area contributed by atoms with E-state index < -0.39 is 0 Å². The number of halogens is 1. The normalized spacial score (nSPS) is 17.3. The minimum atomic E-state index is 0.0697. The van der Waals surface area contributed by atoms with Crippen LogP contribution in [0.4, 0.5) is 5.13 Å². The van der Waals surface area contributed by atoms with Crippen molar-refractivity contribution < 1.29 is 4.79 Å². The predicted octanol–water partition coefficient (Wildman–Crippen LogP) is 3.82. The van der Waals surface area contributed by atoms with Gasteiger partial charge >= 0.3 is 0 Å². The van der Waals surface area contributed by atoms with E-state index >= 15 is 0 Å². The van der Waals surface area contributed by atoms with Gasteiger partial charge in [-0.1, -0.05) is 28.1 Å². The molecule has 1 unspecified atom stereocenters. The lowest BCUT2D eigenvalue weighted by atomic mass is 10.0. The fraction of sp³-hybridized carbons (Fsp3) is 0.412. The highest BCUT2D eigenvalue weighted by atomic mass is 79.9. The molecule has 4 nitrogen and oxygen atoms in total. The van der Waals surface area contributed by atoms with E-state index in [-0.39, 0.29) is 5.91 Å². The number of aromatic nitrogens is 1. The molecule has 1 aromatic heterocycles. The molecule has 122 valence electrons. The number of hydrogen-bond acceptors (Lipinski definition) is 4. The van der Waals surface area contributed by atoms with Gasteiger partial charge in [0.1, 0.15) is 0 Å². The standard InChI is InChI=1S/C17H20BrN3OS/c18-14-3-1-2-13(8-14)9-15-11-20-17(23-15)21-16(22)5-4-12-6-7-19-10-12/h1-3,8,11-12,19H,4-7,9-10H2,(H,20,21,22). The van der Waals surface area contributed by atoms with E-state index in [2.05, 4.69) is 43.7 Å². The first kappa shape index (κ1) is 16.6. The van der Waals surface area contributed by atoms with Crippen molar-refractivity contribution in [2.75, 3.05) is 18.4 Å². The van der Waals surface area contributed by atoms with Gasteiger partial charge in [-0.2, -0.15) is 0 Å². The molecule has 1 amide bonds. The first-order valence-electron chi connectivity index (χ1n) is 7.89. The van der Waals surface area contributed by atoms with Crippen molar-refractivity contribution in [2.45, 2.75) is 25.7 Å². The highest BCUT2D eigenvalue weighted by molar-refractivity contribution is 9.10. The van der Waals surface area contributed by atoms with Gasteiger partial charge in [-0.3, -0.25) is 4.79 Å². The molecular weight excluding hydrogens is 374 g/mol. The summed E-state index contributed by atoms with van der Waals surface area (Å²) in [4.78, 5) is 17.5. The van der Waals surface area contributed by atoms with E-state index in [1.54, 1.807) is 11.3 Å². The van der Waals surface area contributed by atoms with Crippen LogP contribution in [-0.2, 0) is 11.2 Å². The minimum absolute atomic E-state index is 0.0697. The number of carbonyl (C=O) groups excluding carboxylic acids is 1. The Morgan fingerprint density at radius 1 is 1.48 bits per heavy atom. The molecule has 1 saturated heterocycles. The zero-order chi connectivity index (χ0) is 16.1. The molecule has 2 aromatic rings. The summed E-state index contributed by atoms with van der Waals surface area (Å²) in [5.74, 6) is 0.712. The third kappa shape index (κ3) is 5.12. The zero-order valence-corrected chi connectivity index (χ0v) is 15.3. The van der Waals surface area contributed by atoms with Crippen LogP contribution in [0.1, 0.15) is 29.7 Å². The topological polar surface area (TPSA) is 54.0 Å². The molecule has 1 aliphatic heterocycles. The van der Waals surface area contributed by atoms with Crippen LogP contribution < -0.4 is 10.6 Å². The monoisotopic (exact) mass is 393 g/mol. The number of thiazole rings is 1. The van der Waals surface area contributed by atoms with Crippen LogP contribution in [0, 0.1) is 5.92 Å². The molecule has 1 aliphatic rings. The second-order valence-electron chi connectivity index (χ2n) is 5.88. The lowest BCUT2D eigenvalue weighted by Crippen LogP contribution is -2.14. The third-order valence-electron chi connectivity index (χ3n) is 4.01. The molecule has 23 heavy (non-hydrogen) atoms. The SMILES string of the molecule is O=C(CCC1CCNC1)Nc1ncc(Cc2cccc(Br)c2)s1. The average molecular weight is 394 g/mol. The Labute approximate surface area is 148 Å². The van der Waals surface area contributed by atoms with Crippen molar-refractivity contribution in [1.29, 1.82) is 0 Å². The number of hydrogen-bond donors (Lipinski definition) is 2. The Morgan fingerprint density at radius 2 is 2.39 bits per heavy atom. The number of benzene rings is 1. The van der Waals surface area contributed by atoms with Crippen LogP contribution in [0.3, 0.4) is 0 Å². The lowest BCUT2D eigenvalue weighted by Gasteiger charge is -2.06. The minimum Gasteiger partial charge on any atom is -0.316 e. The highest BCUT2D eigenvalue weighted by Crippen LogP contribution is 2.23. The molecule has 1 fully saturated rings. The van der Waals surface area contributed by atoms with Crippen molar-refractivity contribution in [3.63, 3.8) is 0 Å². The fourth-order valence-corrected chi connectivity index (χ4v) is 4.08. The summed E-state index contributed by atoms with van der Waals surface area (Å²) < 4.78 is 1.08. The van der Waals surface area contributed by atoms with Crippen LogP contribution >= 0.6 is 27.3 Å². The van der Waals surface area contributed by atoms with E-state index in [0.717, 1.165) is 35.3 Å². The molecule has 0 radical (unpaired) electrons. The van der Waals surface area contributed by atoms with E-state index in [1.165, 1.54) is 12.0 Å². The molecule has 2 heterocycles. The Kier molecular flexibility index (Phi) is 5.80. The molecule has 1 atom stereocenters. The molecule has 6 heteroatoms. The molecule has 3 rings (SSSR count). The Morgan fingerprint density at radius 3 is 3.17 bits per heavy atom. The molecule has 0 spiro atoms. The van der Waals surface area contributed by atoms with Crippen LogP contribution in [0.5, 0.6) is 0 Å². The van der Waals surface area contributed by atoms with Gasteiger partial charge < -0.3 is 10.6 Å². The van der Waals surface area contributed by atoms with E-state index in [0.29, 0.717) is 17.5 Å². The van der Waals surface area contributed by atoms with Gasteiger partial charge in [-0.25, -0.2) is 4.98 Å². The van der Waals surface area contributed by atoms with Crippen LogP contribution in [0.2, 0.25) is 0 Å². The van der Waals surface area contributed by atoms with Gasteiger partial charge in [-0.15, -0.1) is 11.3 Å². The average Bonchev–Trinajstić information content (AvgIpc) is 3.17. The van der Waals surface area contributed by atoms with Gasteiger partial charge in [0.15, 0.2) is 5.13 Å². The Bertz CT molecular complexity index is 667. The Balaban J connectivity index is 1.49. The van der Waals surface area contributed by atoms with Crippen molar-refractivity contribution in [2.24, 2.45) is 5.92 Å². The fourth-order valence-electron chi connectivity index (χ4n) is 2.77. The second kappa shape index (κ2) is 8.04. The number of rotatable bonds is 6. The van der Waals surface area contributed by atoms with Gasteiger partial charge in [0.2, 0.25) is 5.91 Å². The van der Waals surface area contributed by atoms with Crippen molar-refractivity contribution in [3.05, 3.63) is 45.4 Å². The summed E-state index contributed by atoms with van der Waals surface area (Å²) in [6.07, 6.45) is 5.39. The zero-order valence-electron chi connectivity index (χ0n) is 12.8. The summed E-state index contributed by atoms with van der Waals surface area (Å²) in [5, 5.41) is 6.95. The lowest BCUT2D eigenvalue weighted by molar-refractivity contribution is -0.116. The molecule has 0 bridgehead atoms. The summed E-state index contributed by atoms with van der Waals surface area (Å²) in [6.45, 7) is 2.12. The number of amides is 1. The first-order chi connectivity index (χ1) is 11.2. The molecular formula is C17H20BrN3OS. The summed E-state index contributed by atoms with van der Waals surface area (Å²) >= 11 is 5.03. The smallest absolute Gasteiger partial charge is 0.226 e. The molecule has 0 aliphatic carbocycles. The largest absolute Gasteiger partial charge is 0.316 e. The summed E-state index contributed by atoms with van der Waals surface area (Å²) in [5.41, 5.74) is 1.23. The molecule has 2 N–H and O–H groups in total. The van der Waals surface area contributed by atoms with Crippen molar-refractivity contribution in [3.8, 4) is 0 Å². The second-order valence-corrected chi connectivity index (χ2v) is 7.91. The Hall–Kier alpha value is -1.24. The van der Waals surface area contributed by atoms with Gasteiger partial charge in [0.05, 0.1) is 0 Å². The third-order valence-corrected chi connectivity index (χ3v) is 5.42. The van der Waals surface area contributed by atoms with Crippen LogP contribution in [-0.4, -0.2) is 24.0 Å². The number of nitrogens with zero attached hydrogens (tertiary/aromatic N) is 1. The maximum absolute atomic E-state index is 12.0. The van der Waals surface area contributed by atoms with E-state index in [9.17, 15) is 4.79 Å². The van der Waals surface area contributed by atoms with E-state index in [4.69, 9.17) is 0 Å². The van der Waals surface area contributed by atoms with Crippen LogP contribution in [0.25, 0.3) is 0 Å². The van der Waals surface area contributed by atoms with E-state index in [1.807, 2.05) is 18.3 Å². The predicted molar refractivity (Wildman–Crippen MR) is 97.9 cm³/mol. The maximum Gasteiger partial charge on any atom is 0.226 e. The van der Waals surface area contributed by atoms with Crippen molar-refractivity contribution in [1.82, 2.24) is 10.3 Å². The van der Waals surface area contributed by atoms with Gasteiger partial charge in [0.25, 0.3) is 0 Å². The molecule has 0 saturated carbocycles. The van der Waals surface area contributed by atoms with Crippen molar-refractivity contribution >= 4 is 38.3 Å². The highest BCUT2D eigenvalue weighted by Gasteiger charge is 2.16. The number of anilines is 1. The molecule has 1 aromatic carbocycles. The van der Waals surface area contributed by atoms with Gasteiger partial charge in [-0.05, 0) is 49.5 Å². The first-order valence-corrected chi connectivity index (χ1v) is 9.50. The maximum atomic E-state index is 12.0. The summed E-state index contributed by atoms with van der Waals surface area (Å²) in [6, 6.07) is 8.24.